The van der Waals surface area contributed by atoms with Gasteiger partial charge in [0.1, 0.15) is 18.1 Å². The van der Waals surface area contributed by atoms with E-state index in [0.717, 1.165) is 11.3 Å². The highest BCUT2D eigenvalue weighted by molar-refractivity contribution is 5.85. The van der Waals surface area contributed by atoms with Crippen LogP contribution in [0.2, 0.25) is 0 Å². The van der Waals surface area contributed by atoms with Gasteiger partial charge in [-0.1, -0.05) is 12.1 Å². The Morgan fingerprint density at radius 2 is 1.91 bits per heavy atom. The fraction of sp³-hybridized carbons (Fsp3) is 0.188. The predicted molar refractivity (Wildman–Crippen MR) is 81.2 cm³/mol. The van der Waals surface area contributed by atoms with Gasteiger partial charge in [-0.15, -0.1) is 0 Å². The highest BCUT2D eigenvalue weighted by atomic mass is 16.5. The Bertz CT molecular complexity index is 685. The molecule has 1 aromatic heterocycles. The summed E-state index contributed by atoms with van der Waals surface area (Å²) in [5.41, 5.74) is 1.36. The van der Waals surface area contributed by atoms with Crippen LogP contribution in [-0.4, -0.2) is 29.3 Å². The van der Waals surface area contributed by atoms with E-state index in [2.05, 4.69) is 10.3 Å². The van der Waals surface area contributed by atoms with Crippen molar-refractivity contribution in [3.05, 3.63) is 59.4 Å². The molecule has 2 N–H and O–H groups in total. The molecule has 0 saturated heterocycles. The number of hydrogen-bond donors (Lipinski definition) is 2. The largest absolute Gasteiger partial charge is 0.497 e. The first-order valence-corrected chi connectivity index (χ1v) is 6.80. The van der Waals surface area contributed by atoms with Crippen LogP contribution in [0.25, 0.3) is 0 Å². The Morgan fingerprint density at radius 3 is 2.57 bits per heavy atom. The van der Waals surface area contributed by atoms with Gasteiger partial charge in [0.15, 0.2) is 0 Å². The van der Waals surface area contributed by atoms with E-state index in [1.54, 1.807) is 25.3 Å². The maximum atomic E-state index is 11.6. The van der Waals surface area contributed by atoms with E-state index < -0.39 is 12.1 Å². The lowest BCUT2D eigenvalue weighted by molar-refractivity contribution is 0.0690. The van der Waals surface area contributed by atoms with E-state index in [0.29, 0.717) is 12.1 Å². The van der Waals surface area contributed by atoms with Crippen molar-refractivity contribution in [2.45, 2.75) is 13.2 Å². The number of carboxylic acid groups (broad SMARTS) is 1. The molecule has 1 aromatic carbocycles. The predicted octanol–water partition coefficient (Wildman–Crippen LogP) is 2.21. The van der Waals surface area contributed by atoms with Crippen LogP contribution in [0.15, 0.2) is 42.6 Å². The first kappa shape index (κ1) is 16.3. The fourth-order valence-electron chi connectivity index (χ4n) is 1.80. The number of methoxy groups -OCH3 is 1. The Kier molecular flexibility index (Phi) is 5.51. The summed E-state index contributed by atoms with van der Waals surface area (Å²) in [4.78, 5) is 26.1. The molecular weight excluding hydrogens is 300 g/mol. The van der Waals surface area contributed by atoms with Crippen LogP contribution in [0.4, 0.5) is 4.79 Å². The molecule has 2 rings (SSSR count). The van der Waals surface area contributed by atoms with E-state index in [9.17, 15) is 9.59 Å². The van der Waals surface area contributed by atoms with E-state index in [-0.39, 0.29) is 12.3 Å². The number of ether oxygens (including phenoxy) is 2. The van der Waals surface area contributed by atoms with Gasteiger partial charge < -0.3 is 19.9 Å². The van der Waals surface area contributed by atoms with Gasteiger partial charge in [0, 0.05) is 12.7 Å². The Morgan fingerprint density at radius 1 is 1.17 bits per heavy atom. The molecule has 0 aliphatic heterocycles. The number of hydrogen-bond acceptors (Lipinski definition) is 5. The van der Waals surface area contributed by atoms with Crippen LogP contribution < -0.4 is 10.1 Å². The van der Waals surface area contributed by atoms with E-state index >= 15 is 0 Å². The SMILES string of the molecule is COc1ccc(CNC(=O)OCc2ccnc(C(=O)O)c2)cc1. The van der Waals surface area contributed by atoms with Crippen molar-refractivity contribution in [2.75, 3.05) is 7.11 Å². The van der Waals surface area contributed by atoms with Crippen LogP contribution >= 0.6 is 0 Å². The number of amides is 1. The monoisotopic (exact) mass is 316 g/mol. The first-order valence-electron chi connectivity index (χ1n) is 6.80. The number of pyridine rings is 1. The van der Waals surface area contributed by atoms with Crippen molar-refractivity contribution in [3.8, 4) is 5.75 Å². The summed E-state index contributed by atoms with van der Waals surface area (Å²) < 4.78 is 10.1. The molecule has 0 aliphatic rings. The van der Waals surface area contributed by atoms with Gasteiger partial charge in [-0.05, 0) is 35.4 Å². The normalized spacial score (nSPS) is 9.96. The van der Waals surface area contributed by atoms with Crippen LogP contribution in [-0.2, 0) is 17.9 Å². The van der Waals surface area contributed by atoms with Gasteiger partial charge in [0.2, 0.25) is 0 Å². The summed E-state index contributed by atoms with van der Waals surface area (Å²) in [7, 11) is 1.58. The number of aromatic carboxylic acids is 1. The molecular formula is C16H16N2O5. The van der Waals surface area contributed by atoms with Gasteiger partial charge in [0.05, 0.1) is 7.11 Å². The van der Waals surface area contributed by atoms with Gasteiger partial charge in [-0.2, -0.15) is 0 Å². The van der Waals surface area contributed by atoms with E-state index in [1.807, 2.05) is 12.1 Å². The molecule has 0 atom stereocenters. The lowest BCUT2D eigenvalue weighted by Crippen LogP contribution is -2.23. The number of carboxylic acids is 1. The van der Waals surface area contributed by atoms with E-state index in [4.69, 9.17) is 14.6 Å². The molecule has 0 unspecified atom stereocenters. The summed E-state index contributed by atoms with van der Waals surface area (Å²) in [6.45, 7) is 0.288. The smallest absolute Gasteiger partial charge is 0.407 e. The minimum atomic E-state index is -1.13. The molecule has 2 aromatic rings. The molecule has 0 bridgehead atoms. The number of nitrogens with one attached hydrogen (secondary N) is 1. The minimum absolute atomic E-state index is 0.0305. The summed E-state index contributed by atoms with van der Waals surface area (Å²) in [5, 5.41) is 11.5. The van der Waals surface area contributed by atoms with Crippen molar-refractivity contribution in [1.82, 2.24) is 10.3 Å². The van der Waals surface area contributed by atoms with Gasteiger partial charge in [0.25, 0.3) is 0 Å². The van der Waals surface area contributed by atoms with Crippen molar-refractivity contribution < 1.29 is 24.2 Å². The number of carbonyl (C=O) groups is 2. The lowest BCUT2D eigenvalue weighted by Gasteiger charge is -2.08. The fourth-order valence-corrected chi connectivity index (χ4v) is 1.80. The Balaban J connectivity index is 1.80. The number of rotatable bonds is 6. The van der Waals surface area contributed by atoms with Crippen LogP contribution in [0.5, 0.6) is 5.75 Å². The number of alkyl carbamates (subject to hydrolysis) is 1. The standard InChI is InChI=1S/C16H16N2O5/c1-22-13-4-2-11(3-5-13)9-18-16(21)23-10-12-6-7-17-14(8-12)15(19)20/h2-8H,9-10H2,1H3,(H,18,21)(H,19,20). The minimum Gasteiger partial charge on any atom is -0.497 e. The molecule has 0 radical (unpaired) electrons. The summed E-state index contributed by atoms with van der Waals surface area (Å²) in [5.74, 6) is -0.390. The number of nitrogens with zero attached hydrogens (tertiary/aromatic N) is 1. The van der Waals surface area contributed by atoms with Crippen molar-refractivity contribution in [2.24, 2.45) is 0 Å². The third-order valence-corrected chi connectivity index (χ3v) is 3.01. The third kappa shape index (κ3) is 4.99. The van der Waals surface area contributed by atoms with Gasteiger partial charge in [-0.3, -0.25) is 0 Å². The average Bonchev–Trinajstić information content (AvgIpc) is 2.58. The second-order valence-corrected chi connectivity index (χ2v) is 4.63. The van der Waals surface area contributed by atoms with Crippen LogP contribution in [0, 0.1) is 0 Å². The molecule has 7 heteroatoms. The van der Waals surface area contributed by atoms with Gasteiger partial charge in [-0.25, -0.2) is 14.6 Å². The zero-order chi connectivity index (χ0) is 16.7. The Labute approximate surface area is 132 Å². The molecule has 0 spiro atoms. The Hall–Kier alpha value is -3.09. The van der Waals surface area contributed by atoms with Crippen LogP contribution in [0.3, 0.4) is 0 Å². The van der Waals surface area contributed by atoms with Gasteiger partial charge >= 0.3 is 12.1 Å². The maximum Gasteiger partial charge on any atom is 0.407 e. The van der Waals surface area contributed by atoms with Crippen LogP contribution in [0.1, 0.15) is 21.6 Å². The second kappa shape index (κ2) is 7.79. The molecule has 23 heavy (non-hydrogen) atoms. The van der Waals surface area contributed by atoms with Crippen molar-refractivity contribution >= 4 is 12.1 Å². The highest BCUT2D eigenvalue weighted by Gasteiger charge is 2.07. The molecule has 0 aliphatic carbocycles. The highest BCUT2D eigenvalue weighted by Crippen LogP contribution is 2.11. The molecule has 120 valence electrons. The van der Waals surface area contributed by atoms with Crippen molar-refractivity contribution in [3.63, 3.8) is 0 Å². The quantitative estimate of drug-likeness (QED) is 0.848. The molecule has 0 saturated carbocycles. The molecule has 0 fully saturated rings. The summed E-state index contributed by atoms with van der Waals surface area (Å²) in [6, 6.07) is 10.2. The summed E-state index contributed by atoms with van der Waals surface area (Å²) in [6.07, 6.45) is 0.770. The molecule has 7 nitrogen and oxygen atoms in total. The van der Waals surface area contributed by atoms with Crippen molar-refractivity contribution in [1.29, 1.82) is 0 Å². The number of aromatic nitrogens is 1. The zero-order valence-electron chi connectivity index (χ0n) is 12.5. The summed E-state index contributed by atoms with van der Waals surface area (Å²) >= 11 is 0. The first-order chi connectivity index (χ1) is 11.1. The average molecular weight is 316 g/mol. The molecule has 1 amide bonds. The number of benzene rings is 1. The lowest BCUT2D eigenvalue weighted by atomic mass is 10.2. The maximum absolute atomic E-state index is 11.6. The van der Waals surface area contributed by atoms with E-state index in [1.165, 1.54) is 12.3 Å². The molecule has 1 heterocycles. The second-order valence-electron chi connectivity index (χ2n) is 4.63. The third-order valence-electron chi connectivity index (χ3n) is 3.01. The topological polar surface area (TPSA) is 97.8 Å². The zero-order valence-corrected chi connectivity index (χ0v) is 12.5. The number of carbonyl (C=O) groups excluding carboxylic acids is 1.